The van der Waals surface area contributed by atoms with E-state index in [0.29, 0.717) is 18.8 Å². The van der Waals surface area contributed by atoms with Crippen molar-refractivity contribution in [2.75, 3.05) is 25.9 Å². The van der Waals surface area contributed by atoms with Crippen LogP contribution in [0, 0.1) is 0 Å². The highest BCUT2D eigenvalue weighted by molar-refractivity contribution is 7.93. The van der Waals surface area contributed by atoms with Gasteiger partial charge >= 0.3 is 0 Å². The molecule has 1 heterocycles. The van der Waals surface area contributed by atoms with Crippen LogP contribution in [0.3, 0.4) is 0 Å². The molecule has 0 spiro atoms. The Balaban J connectivity index is 2.34. The van der Waals surface area contributed by atoms with Crippen LogP contribution >= 0.6 is 0 Å². The average molecular weight is 312 g/mol. The van der Waals surface area contributed by atoms with Crippen molar-refractivity contribution in [3.05, 3.63) is 18.2 Å². The van der Waals surface area contributed by atoms with Crippen LogP contribution in [0.5, 0.6) is 5.75 Å². The molecular formula is C14H20N2O4S. The quantitative estimate of drug-likeness (QED) is 0.840. The smallest absolute Gasteiger partial charge is 0.241 e. The first-order chi connectivity index (χ1) is 9.87. The number of amides is 1. The van der Waals surface area contributed by atoms with E-state index < -0.39 is 15.1 Å². The maximum Gasteiger partial charge on any atom is 0.241 e. The number of methoxy groups -OCH3 is 1. The van der Waals surface area contributed by atoms with Gasteiger partial charge in [0.1, 0.15) is 11.0 Å². The summed E-state index contributed by atoms with van der Waals surface area (Å²) in [4.78, 5) is 13.8. The Labute approximate surface area is 124 Å². The lowest BCUT2D eigenvalue weighted by Crippen LogP contribution is -2.40. The summed E-state index contributed by atoms with van der Waals surface area (Å²) in [6.07, 6.45) is 1.83. The maximum atomic E-state index is 12.6. The van der Waals surface area contributed by atoms with E-state index in [2.05, 4.69) is 0 Å². The second-order valence-electron chi connectivity index (χ2n) is 5.12. The molecule has 7 heteroatoms. The molecule has 0 saturated carbocycles. The van der Waals surface area contributed by atoms with Gasteiger partial charge in [-0.1, -0.05) is 0 Å². The van der Waals surface area contributed by atoms with Gasteiger partial charge in [0.15, 0.2) is 9.84 Å². The molecule has 1 saturated heterocycles. The molecule has 0 aromatic heterocycles. The molecule has 1 aliphatic rings. The highest BCUT2D eigenvalue weighted by Crippen LogP contribution is 2.28. The number of benzene rings is 1. The number of carbonyl (C=O) groups excluding carboxylic acids is 1. The van der Waals surface area contributed by atoms with E-state index in [1.54, 1.807) is 11.0 Å². The van der Waals surface area contributed by atoms with E-state index in [-0.39, 0.29) is 16.5 Å². The summed E-state index contributed by atoms with van der Waals surface area (Å²) >= 11 is 0. The molecule has 1 fully saturated rings. The van der Waals surface area contributed by atoms with Crippen LogP contribution < -0.4 is 10.5 Å². The summed E-state index contributed by atoms with van der Waals surface area (Å²) in [5.41, 5.74) is 5.88. The first kappa shape index (κ1) is 15.6. The van der Waals surface area contributed by atoms with Gasteiger partial charge in [0.25, 0.3) is 0 Å². The first-order valence-corrected chi connectivity index (χ1v) is 8.38. The molecule has 0 bridgehead atoms. The second-order valence-corrected chi connectivity index (χ2v) is 7.36. The summed E-state index contributed by atoms with van der Waals surface area (Å²) < 4.78 is 30.3. The Bertz CT molecular complexity index is 636. The number of nitrogens with two attached hydrogens (primary N) is 1. The minimum atomic E-state index is -3.84. The lowest BCUT2D eigenvalue weighted by atomic mass is 10.3. The number of hydrogen-bond acceptors (Lipinski definition) is 5. The summed E-state index contributed by atoms with van der Waals surface area (Å²) in [7, 11) is -2.39. The van der Waals surface area contributed by atoms with Crippen molar-refractivity contribution in [1.82, 2.24) is 4.90 Å². The van der Waals surface area contributed by atoms with Crippen LogP contribution in [-0.4, -0.2) is 44.7 Å². The number of likely N-dealkylation sites (tertiary alicyclic amines) is 1. The molecule has 0 radical (unpaired) electrons. The predicted octanol–water partition coefficient (Wildman–Crippen LogP) is 1.06. The molecule has 1 amide bonds. The Morgan fingerprint density at radius 3 is 2.52 bits per heavy atom. The minimum Gasteiger partial charge on any atom is -0.497 e. The van der Waals surface area contributed by atoms with E-state index >= 15 is 0 Å². The zero-order valence-electron chi connectivity index (χ0n) is 12.2. The number of anilines is 1. The summed E-state index contributed by atoms with van der Waals surface area (Å²) in [6, 6.07) is 4.42. The maximum absolute atomic E-state index is 12.6. The number of sulfone groups is 1. The van der Waals surface area contributed by atoms with Gasteiger partial charge in [-0.05, 0) is 31.9 Å². The predicted molar refractivity (Wildman–Crippen MR) is 79.9 cm³/mol. The molecule has 1 atom stereocenters. The van der Waals surface area contributed by atoms with Crippen molar-refractivity contribution in [3.63, 3.8) is 0 Å². The van der Waals surface area contributed by atoms with Crippen molar-refractivity contribution in [2.24, 2.45) is 0 Å². The van der Waals surface area contributed by atoms with Crippen LogP contribution in [0.1, 0.15) is 19.8 Å². The highest BCUT2D eigenvalue weighted by Gasteiger charge is 2.35. The van der Waals surface area contributed by atoms with Crippen LogP contribution in [0.4, 0.5) is 5.69 Å². The third-order valence-corrected chi connectivity index (χ3v) is 5.86. The van der Waals surface area contributed by atoms with Crippen molar-refractivity contribution in [2.45, 2.75) is 29.9 Å². The van der Waals surface area contributed by atoms with E-state index in [0.717, 1.165) is 12.8 Å². The second kappa shape index (κ2) is 5.93. The van der Waals surface area contributed by atoms with E-state index in [9.17, 15) is 13.2 Å². The summed E-state index contributed by atoms with van der Waals surface area (Å²) in [5, 5.41) is -1.15. The Hall–Kier alpha value is -1.76. The number of nitrogen functional groups attached to an aromatic ring is 1. The topological polar surface area (TPSA) is 89.7 Å². The van der Waals surface area contributed by atoms with Crippen LogP contribution in [0.2, 0.25) is 0 Å². The molecule has 0 aliphatic carbocycles. The van der Waals surface area contributed by atoms with Gasteiger partial charge in [0.05, 0.1) is 17.7 Å². The van der Waals surface area contributed by atoms with Gasteiger partial charge < -0.3 is 15.4 Å². The monoisotopic (exact) mass is 312 g/mol. The average Bonchev–Trinajstić information content (AvgIpc) is 3.00. The number of rotatable bonds is 4. The fraction of sp³-hybridized carbons (Fsp3) is 0.500. The van der Waals surface area contributed by atoms with Gasteiger partial charge in [-0.2, -0.15) is 0 Å². The molecule has 2 rings (SSSR count). The van der Waals surface area contributed by atoms with Gasteiger partial charge in [-0.15, -0.1) is 0 Å². The van der Waals surface area contributed by atoms with Gasteiger partial charge in [0, 0.05) is 19.2 Å². The van der Waals surface area contributed by atoms with Crippen LogP contribution in [-0.2, 0) is 14.6 Å². The van der Waals surface area contributed by atoms with Crippen molar-refractivity contribution < 1.29 is 17.9 Å². The summed E-state index contributed by atoms with van der Waals surface area (Å²) in [5.74, 6) is 0.0262. The van der Waals surface area contributed by atoms with Gasteiger partial charge in [-0.25, -0.2) is 8.42 Å². The molecule has 6 nitrogen and oxygen atoms in total. The van der Waals surface area contributed by atoms with Crippen molar-refractivity contribution in [3.8, 4) is 5.75 Å². The molecule has 116 valence electrons. The zero-order valence-corrected chi connectivity index (χ0v) is 13.0. The van der Waals surface area contributed by atoms with E-state index in [1.807, 2.05) is 0 Å². The van der Waals surface area contributed by atoms with Crippen molar-refractivity contribution >= 4 is 21.4 Å². The SMILES string of the molecule is COc1ccc(N)c(S(=O)(=O)C(C)C(=O)N2CCCC2)c1. The number of hydrogen-bond donors (Lipinski definition) is 1. The molecule has 1 aromatic carbocycles. The third-order valence-electron chi connectivity index (χ3n) is 3.76. The van der Waals surface area contributed by atoms with Crippen molar-refractivity contribution in [1.29, 1.82) is 0 Å². The van der Waals surface area contributed by atoms with E-state index in [1.165, 1.54) is 26.2 Å². The standard InChI is InChI=1S/C14H20N2O4S/c1-10(14(17)16-7-3-4-8-16)21(18,19)13-9-11(20-2)5-6-12(13)15/h5-6,9-10H,3-4,7-8,15H2,1-2H3. The number of carbonyl (C=O) groups is 1. The summed E-state index contributed by atoms with van der Waals surface area (Å²) in [6.45, 7) is 2.65. The fourth-order valence-electron chi connectivity index (χ4n) is 2.41. The molecule has 1 aromatic rings. The normalized spacial score (nSPS) is 16.8. The third kappa shape index (κ3) is 2.97. The lowest BCUT2D eigenvalue weighted by molar-refractivity contribution is -0.129. The van der Waals surface area contributed by atoms with Gasteiger partial charge in [0.2, 0.25) is 5.91 Å². The molecule has 21 heavy (non-hydrogen) atoms. The largest absolute Gasteiger partial charge is 0.497 e. The Kier molecular flexibility index (Phi) is 4.41. The minimum absolute atomic E-state index is 0.0538. The zero-order chi connectivity index (χ0) is 15.6. The van der Waals surface area contributed by atoms with Crippen LogP contribution in [0.15, 0.2) is 23.1 Å². The number of nitrogens with zero attached hydrogens (tertiary/aromatic N) is 1. The fourth-order valence-corrected chi connectivity index (χ4v) is 3.88. The van der Waals surface area contributed by atoms with Gasteiger partial charge in [-0.3, -0.25) is 4.79 Å². The van der Waals surface area contributed by atoms with E-state index in [4.69, 9.17) is 10.5 Å². The molecule has 1 aliphatic heterocycles. The Morgan fingerprint density at radius 1 is 1.33 bits per heavy atom. The lowest BCUT2D eigenvalue weighted by Gasteiger charge is -2.21. The molecular weight excluding hydrogens is 292 g/mol. The first-order valence-electron chi connectivity index (χ1n) is 6.84. The number of ether oxygens (including phenoxy) is 1. The highest BCUT2D eigenvalue weighted by atomic mass is 32.2. The Morgan fingerprint density at radius 2 is 1.95 bits per heavy atom. The molecule has 1 unspecified atom stereocenters. The van der Waals surface area contributed by atoms with Crippen LogP contribution in [0.25, 0.3) is 0 Å². The molecule has 2 N–H and O–H groups in total.